The van der Waals surface area contributed by atoms with Crippen molar-refractivity contribution in [2.75, 3.05) is 33.4 Å². The van der Waals surface area contributed by atoms with Gasteiger partial charge in [-0.1, -0.05) is 24.3 Å². The normalized spacial score (nSPS) is 20.7. The molecule has 4 rings (SSSR count). The number of amides is 2. The molecule has 19 heteroatoms. The Labute approximate surface area is 339 Å². The predicted octanol–water partition coefficient (Wildman–Crippen LogP) is 1.46. The fraction of sp³-hybridized carbons (Fsp3) is 0.538. The van der Waals surface area contributed by atoms with Crippen LogP contribution in [0.15, 0.2) is 35.2 Å². The van der Waals surface area contributed by atoms with Gasteiger partial charge in [0.2, 0.25) is 21.8 Å². The van der Waals surface area contributed by atoms with E-state index < -0.39 is 89.6 Å². The maximum absolute atomic E-state index is 14.5. The third kappa shape index (κ3) is 11.7. The van der Waals surface area contributed by atoms with Crippen molar-refractivity contribution in [2.24, 2.45) is 5.73 Å². The van der Waals surface area contributed by atoms with E-state index >= 15 is 0 Å². The third-order valence-corrected chi connectivity index (χ3v) is 11.5. The highest BCUT2D eigenvalue weighted by molar-refractivity contribution is 7.89. The van der Waals surface area contributed by atoms with Crippen molar-refractivity contribution in [3.63, 3.8) is 0 Å². The van der Waals surface area contributed by atoms with Crippen LogP contribution in [-0.2, 0) is 64.1 Å². The first-order chi connectivity index (χ1) is 27.9. The molecule has 2 saturated heterocycles. The number of carbonyl (C=O) groups excluding carboxylic acids is 5. The van der Waals surface area contributed by atoms with Crippen molar-refractivity contribution in [1.82, 2.24) is 14.9 Å². The number of amidine groups is 1. The van der Waals surface area contributed by atoms with Crippen molar-refractivity contribution in [3.8, 4) is 5.75 Å². The average molecular weight is 833 g/mol. The Kier molecular flexibility index (Phi) is 15.2. The van der Waals surface area contributed by atoms with E-state index in [0.717, 1.165) is 40.0 Å². The molecule has 0 saturated carbocycles. The van der Waals surface area contributed by atoms with Gasteiger partial charge in [0.05, 0.1) is 25.2 Å². The summed E-state index contributed by atoms with van der Waals surface area (Å²) in [4.78, 5) is 66.3. The molecule has 0 unspecified atom stereocenters. The molecule has 2 aromatic rings. The highest BCUT2D eigenvalue weighted by atomic mass is 32.2. The van der Waals surface area contributed by atoms with E-state index in [1.54, 1.807) is 56.0 Å². The summed E-state index contributed by atoms with van der Waals surface area (Å²) in [5.74, 6) is -3.42. The van der Waals surface area contributed by atoms with Crippen LogP contribution in [0.3, 0.4) is 0 Å². The Morgan fingerprint density at radius 2 is 1.55 bits per heavy atom. The monoisotopic (exact) mass is 832 g/mol. The number of rotatable bonds is 16. The number of nitrogen functional groups attached to an aromatic ring is 1. The zero-order chi connectivity index (χ0) is 43.6. The van der Waals surface area contributed by atoms with E-state index in [-0.39, 0.29) is 17.2 Å². The quantitative estimate of drug-likeness (QED) is 0.0809. The lowest BCUT2D eigenvalue weighted by Crippen LogP contribution is -2.60. The fourth-order valence-corrected chi connectivity index (χ4v) is 8.66. The standard InChI is InChI=1S/C39H53N5O13S/c1-21-17-31(52-7)22(2)23(3)35(21)58(50,51)43-30(19-53-39-34(57-26(6)47)33(56-25(5)46)32(20-54-39)55-24(4)45)37(48)42-29(38(49)44-15-9-8-10-16-44)18-27-11-13-28(14-12-27)36(40)41/h11-14,17,29-30,32-34,39,43H,8-10,15-16,18-20H2,1-7H3,(H3,40,41)(H,42,48)/t29-,30-,32+,33+,34+,39+/m0/s1/i/hD. The van der Waals surface area contributed by atoms with Gasteiger partial charge in [-0.15, -0.1) is 0 Å². The van der Waals surface area contributed by atoms with Crippen molar-refractivity contribution in [2.45, 2.75) is 109 Å². The minimum absolute atomic E-state index is 0.0128. The van der Waals surface area contributed by atoms with E-state index in [0.29, 0.717) is 46.7 Å². The van der Waals surface area contributed by atoms with Crippen molar-refractivity contribution in [1.29, 1.82) is 5.41 Å². The van der Waals surface area contributed by atoms with Crippen LogP contribution in [0.4, 0.5) is 0 Å². The number of ether oxygens (including phenoxy) is 6. The first kappa shape index (κ1) is 44.0. The molecular weight excluding hydrogens is 779 g/mol. The van der Waals surface area contributed by atoms with Gasteiger partial charge >= 0.3 is 17.9 Å². The summed E-state index contributed by atoms with van der Waals surface area (Å²) < 4.78 is 71.6. The summed E-state index contributed by atoms with van der Waals surface area (Å²) in [6.45, 7) is 7.92. The number of likely N-dealkylation sites (tertiary alicyclic amines) is 1. The van der Waals surface area contributed by atoms with Crippen LogP contribution < -0.4 is 20.5 Å². The van der Waals surface area contributed by atoms with E-state index in [9.17, 15) is 32.4 Å². The summed E-state index contributed by atoms with van der Waals surface area (Å²) in [5, 5.41) is 10.6. The van der Waals surface area contributed by atoms with Gasteiger partial charge in [-0.05, 0) is 68.4 Å². The van der Waals surface area contributed by atoms with E-state index in [1.165, 1.54) is 7.11 Å². The summed E-state index contributed by atoms with van der Waals surface area (Å²) in [5.41, 5.74) is 4.27. The molecule has 0 bridgehead atoms. The number of carbonyl (C=O) groups is 5. The number of sulfonamides is 1. The van der Waals surface area contributed by atoms with Crippen LogP contribution in [0.2, 0.25) is 1.41 Å². The first-order valence-corrected chi connectivity index (χ1v) is 20.2. The maximum Gasteiger partial charge on any atom is 0.303 e. The fourth-order valence-electron chi connectivity index (χ4n) is 6.95. The van der Waals surface area contributed by atoms with Gasteiger partial charge in [0.1, 0.15) is 23.7 Å². The molecule has 0 spiro atoms. The third-order valence-electron chi connectivity index (χ3n) is 9.78. The largest absolute Gasteiger partial charge is 0.496 e. The van der Waals surface area contributed by atoms with Crippen LogP contribution in [0.25, 0.3) is 0 Å². The number of hydrogen-bond donors (Lipinski definition) is 4. The van der Waals surface area contributed by atoms with Gasteiger partial charge in [-0.2, -0.15) is 4.72 Å². The number of nitrogens with one attached hydrogen (secondary N) is 3. The molecule has 2 aromatic carbocycles. The molecule has 2 aliphatic rings. The molecule has 2 amide bonds. The maximum atomic E-state index is 14.5. The summed E-state index contributed by atoms with van der Waals surface area (Å²) in [6, 6.07) is 5.12. The Morgan fingerprint density at radius 1 is 0.931 bits per heavy atom. The van der Waals surface area contributed by atoms with Crippen LogP contribution in [-0.4, -0.2) is 119 Å². The lowest BCUT2D eigenvalue weighted by Gasteiger charge is -2.40. The molecule has 0 aliphatic carbocycles. The lowest BCUT2D eigenvalue weighted by molar-refractivity contribution is -0.281. The van der Waals surface area contributed by atoms with Crippen LogP contribution in [0.1, 0.15) is 67.9 Å². The zero-order valence-corrected chi connectivity index (χ0v) is 34.5. The zero-order valence-electron chi connectivity index (χ0n) is 34.7. The second-order valence-electron chi connectivity index (χ2n) is 14.2. The number of nitrogens with two attached hydrogens (primary N) is 1. The summed E-state index contributed by atoms with van der Waals surface area (Å²) in [7, 11) is -3.08. The molecule has 18 nitrogen and oxygen atoms in total. The molecular formula is C39H53N5O13S. The molecule has 0 aromatic heterocycles. The van der Waals surface area contributed by atoms with E-state index in [4.69, 9.17) is 35.2 Å². The molecule has 0 radical (unpaired) electrons. The molecule has 58 heavy (non-hydrogen) atoms. The Balaban J connectivity index is 1.73. The van der Waals surface area contributed by atoms with Crippen molar-refractivity contribution in [3.05, 3.63) is 58.1 Å². The molecule has 6 atom stereocenters. The van der Waals surface area contributed by atoms with Gasteiger partial charge < -0.3 is 44.4 Å². The number of aryl methyl sites for hydroxylation is 1. The number of esters is 3. The van der Waals surface area contributed by atoms with Crippen LogP contribution in [0.5, 0.6) is 5.75 Å². The number of piperidine rings is 1. The Bertz CT molecular complexity index is 1990. The van der Waals surface area contributed by atoms with Crippen molar-refractivity contribution >= 4 is 45.6 Å². The minimum atomic E-state index is -4.53. The Morgan fingerprint density at radius 3 is 2.14 bits per heavy atom. The number of benzene rings is 2. The topological polar surface area (TPSA) is 252 Å². The highest BCUT2D eigenvalue weighted by Gasteiger charge is 2.48. The summed E-state index contributed by atoms with van der Waals surface area (Å²) >= 11 is 0. The number of hydrogen-bond acceptors (Lipinski definition) is 14. The van der Waals surface area contributed by atoms with Gasteiger partial charge in [-0.3, -0.25) is 29.4 Å². The summed E-state index contributed by atoms with van der Waals surface area (Å²) in [6.07, 6.45) is -3.29. The SMILES string of the molecule is [2H]NC(=N)c1ccc(C[C@H](NC(=O)[C@H](CO[C@@H]2OC[C@@H](OC(C)=O)[C@@H](OC(C)=O)[C@H]2OC(C)=O)NS(=O)(=O)c2c(C)cc(OC)c(C)c2C)C(=O)N2CCCCC2)cc1. The molecule has 5 N–H and O–H groups in total. The minimum Gasteiger partial charge on any atom is -0.496 e. The van der Waals surface area contributed by atoms with Crippen LogP contribution in [0, 0.1) is 26.2 Å². The smallest absolute Gasteiger partial charge is 0.303 e. The number of nitrogens with zero attached hydrogens (tertiary/aromatic N) is 1. The van der Waals surface area contributed by atoms with Gasteiger partial charge in [0.25, 0.3) is 0 Å². The molecule has 2 aliphatic heterocycles. The van der Waals surface area contributed by atoms with E-state index in [2.05, 4.69) is 10.0 Å². The second-order valence-corrected chi connectivity index (χ2v) is 15.9. The predicted molar refractivity (Wildman–Crippen MR) is 207 cm³/mol. The Hall–Kier alpha value is -5.11. The lowest BCUT2D eigenvalue weighted by atomic mass is 10.0. The van der Waals surface area contributed by atoms with Gasteiger partial charge in [-0.25, -0.2) is 8.42 Å². The van der Waals surface area contributed by atoms with Gasteiger partial charge in [0.15, 0.2) is 26.0 Å². The van der Waals surface area contributed by atoms with Crippen molar-refractivity contribution < 1.29 is 62.2 Å². The molecule has 318 valence electrons. The van der Waals surface area contributed by atoms with E-state index in [1.807, 2.05) is 5.73 Å². The molecule has 2 fully saturated rings. The van der Waals surface area contributed by atoms with Gasteiger partial charge in [0, 0.05) is 45.8 Å². The van der Waals surface area contributed by atoms with Crippen LogP contribution >= 0.6 is 0 Å². The highest BCUT2D eigenvalue weighted by Crippen LogP contribution is 2.31. The second kappa shape index (κ2) is 20.0. The first-order valence-electron chi connectivity index (χ1n) is 19.2. The molecule has 2 heterocycles. The number of methoxy groups -OCH3 is 1. The average Bonchev–Trinajstić information content (AvgIpc) is 3.18.